The van der Waals surface area contributed by atoms with E-state index in [9.17, 15) is 14.7 Å². The first-order valence-corrected chi connectivity index (χ1v) is 15.8. The van der Waals surface area contributed by atoms with Gasteiger partial charge in [-0.25, -0.2) is 0 Å². The van der Waals surface area contributed by atoms with E-state index in [4.69, 9.17) is 4.43 Å². The van der Waals surface area contributed by atoms with E-state index in [1.54, 1.807) is 0 Å². The molecule has 3 saturated carbocycles. The summed E-state index contributed by atoms with van der Waals surface area (Å²) in [7, 11) is -2.18. The smallest absolute Gasteiger partial charge is 0.250 e. The Morgan fingerprint density at radius 1 is 1.12 bits per heavy atom. The number of Topliss-reactive ketones (excluding diaryl/α,β-unsaturated/α-hetero) is 2. The molecule has 1 N–H and O–H groups in total. The number of carbonyl (C=O) groups is 2. The van der Waals surface area contributed by atoms with Gasteiger partial charge in [0, 0.05) is 30.3 Å². The van der Waals surface area contributed by atoms with Crippen LogP contribution in [0.1, 0.15) is 86.5 Å². The van der Waals surface area contributed by atoms with E-state index in [-0.39, 0.29) is 28.6 Å². The van der Waals surface area contributed by atoms with Crippen LogP contribution < -0.4 is 0 Å². The normalized spacial score (nSPS) is 41.4. The molecule has 0 aliphatic heterocycles. The second kappa shape index (κ2) is 7.40. The van der Waals surface area contributed by atoms with Gasteiger partial charge in [-0.2, -0.15) is 0 Å². The van der Waals surface area contributed by atoms with E-state index < -0.39 is 24.7 Å². The monoisotopic (exact) mass is 472 g/mol. The standard InChI is InChI=1S/C28H44O4Si/c1-17(2)18-14-19-16-21(32-33(8,9)25(3,4)5)24-20(27(19,7)23(30)15-18)10-12-26(6)22(29)11-13-28(24,26)31/h18-20,31H,1,10-16H2,2-9H3/t18-,19+,20+,26-,27+,28+/m1/s1. The number of aliphatic hydroxyl groups is 1. The molecule has 4 rings (SSSR count). The lowest BCUT2D eigenvalue weighted by molar-refractivity contribution is -0.151. The van der Waals surface area contributed by atoms with Gasteiger partial charge in [0.15, 0.2) is 0 Å². The highest BCUT2D eigenvalue weighted by Gasteiger charge is 2.68. The van der Waals surface area contributed by atoms with E-state index in [1.165, 1.54) is 0 Å². The van der Waals surface area contributed by atoms with Crippen molar-refractivity contribution in [2.24, 2.45) is 28.6 Å². The molecule has 0 spiro atoms. The third-order valence-electron chi connectivity index (χ3n) is 10.8. The van der Waals surface area contributed by atoms with Crippen LogP contribution in [0.25, 0.3) is 0 Å². The van der Waals surface area contributed by atoms with Gasteiger partial charge >= 0.3 is 0 Å². The summed E-state index contributed by atoms with van der Waals surface area (Å²) in [5, 5.41) is 12.3. The molecule has 5 heteroatoms. The molecule has 0 bridgehead atoms. The molecule has 3 fully saturated rings. The average molecular weight is 473 g/mol. The Bertz CT molecular complexity index is 940. The van der Waals surface area contributed by atoms with Gasteiger partial charge < -0.3 is 9.53 Å². The van der Waals surface area contributed by atoms with Gasteiger partial charge in [-0.1, -0.05) is 39.8 Å². The minimum Gasteiger partial charge on any atom is -0.546 e. The molecule has 4 aliphatic carbocycles. The van der Waals surface area contributed by atoms with Crippen LogP contribution >= 0.6 is 0 Å². The van der Waals surface area contributed by atoms with Crippen LogP contribution in [0.3, 0.4) is 0 Å². The van der Waals surface area contributed by atoms with Crippen molar-refractivity contribution in [2.45, 2.75) is 110 Å². The van der Waals surface area contributed by atoms with Crippen LogP contribution in [0.4, 0.5) is 0 Å². The highest BCUT2D eigenvalue weighted by Crippen LogP contribution is 2.66. The molecular formula is C28H44O4Si. The van der Waals surface area contributed by atoms with Crippen molar-refractivity contribution >= 4 is 19.9 Å². The number of fused-ring (bicyclic) bond motifs is 5. The summed E-state index contributed by atoms with van der Waals surface area (Å²) in [6, 6.07) is 0. The number of carbonyl (C=O) groups excluding carboxylic acids is 2. The van der Waals surface area contributed by atoms with Crippen molar-refractivity contribution < 1.29 is 19.1 Å². The van der Waals surface area contributed by atoms with Crippen molar-refractivity contribution in [3.8, 4) is 0 Å². The Labute approximate surface area is 201 Å². The first-order valence-electron chi connectivity index (χ1n) is 12.9. The fourth-order valence-electron chi connectivity index (χ4n) is 7.13. The highest BCUT2D eigenvalue weighted by molar-refractivity contribution is 6.74. The lowest BCUT2D eigenvalue weighted by atomic mass is 9.46. The summed E-state index contributed by atoms with van der Waals surface area (Å²) in [6.45, 7) is 21.5. The Balaban J connectivity index is 1.90. The van der Waals surface area contributed by atoms with Crippen LogP contribution in [0.15, 0.2) is 23.5 Å². The predicted molar refractivity (Wildman–Crippen MR) is 134 cm³/mol. The quantitative estimate of drug-likeness (QED) is 0.384. The third kappa shape index (κ3) is 3.31. The van der Waals surface area contributed by atoms with Gasteiger partial charge in [-0.3, -0.25) is 9.59 Å². The van der Waals surface area contributed by atoms with Crippen molar-refractivity contribution in [3.63, 3.8) is 0 Å². The molecule has 184 valence electrons. The Morgan fingerprint density at radius 3 is 2.33 bits per heavy atom. The molecule has 4 aliphatic rings. The number of allylic oxidation sites excluding steroid dienone is 2. The van der Waals surface area contributed by atoms with Crippen molar-refractivity contribution in [1.82, 2.24) is 0 Å². The third-order valence-corrected chi connectivity index (χ3v) is 15.1. The van der Waals surface area contributed by atoms with Gasteiger partial charge in [0.2, 0.25) is 8.32 Å². The number of hydrogen-bond donors (Lipinski definition) is 1. The van der Waals surface area contributed by atoms with Crippen LogP contribution in [0, 0.1) is 28.6 Å². The van der Waals surface area contributed by atoms with Gasteiger partial charge in [-0.05, 0) is 75.4 Å². The molecule has 33 heavy (non-hydrogen) atoms. The van der Waals surface area contributed by atoms with Crippen molar-refractivity contribution in [3.05, 3.63) is 23.5 Å². The Hall–Kier alpha value is -1.20. The molecule has 0 aromatic carbocycles. The fraction of sp³-hybridized carbons (Fsp3) is 0.786. The Morgan fingerprint density at radius 2 is 1.76 bits per heavy atom. The van der Waals surface area contributed by atoms with Gasteiger partial charge in [-0.15, -0.1) is 0 Å². The van der Waals surface area contributed by atoms with Gasteiger partial charge in [0.25, 0.3) is 0 Å². The molecule has 0 unspecified atom stereocenters. The topological polar surface area (TPSA) is 63.6 Å². The zero-order valence-electron chi connectivity index (χ0n) is 22.1. The molecule has 4 nitrogen and oxygen atoms in total. The van der Waals surface area contributed by atoms with Crippen molar-refractivity contribution in [2.75, 3.05) is 0 Å². The molecule has 0 aromatic heterocycles. The largest absolute Gasteiger partial charge is 0.546 e. The highest BCUT2D eigenvalue weighted by atomic mass is 28.4. The second-order valence-electron chi connectivity index (χ2n) is 13.5. The molecule has 6 atom stereocenters. The summed E-state index contributed by atoms with van der Waals surface area (Å²) in [5.41, 5.74) is -0.493. The first kappa shape index (κ1) is 24.9. The molecule has 0 heterocycles. The second-order valence-corrected chi connectivity index (χ2v) is 18.2. The maximum atomic E-state index is 13.8. The average Bonchev–Trinajstić information content (AvgIpc) is 2.92. The lowest BCUT2D eigenvalue weighted by Crippen LogP contribution is -2.61. The van der Waals surface area contributed by atoms with E-state index >= 15 is 0 Å². The van der Waals surface area contributed by atoms with Crippen LogP contribution in [0.5, 0.6) is 0 Å². The molecule has 0 radical (unpaired) electrons. The predicted octanol–water partition coefficient (Wildman–Crippen LogP) is 6.35. The lowest BCUT2D eigenvalue weighted by Gasteiger charge is -2.59. The van der Waals surface area contributed by atoms with E-state index in [0.717, 1.165) is 29.7 Å². The minimum absolute atomic E-state index is 0.0194. The number of ketones is 2. The van der Waals surface area contributed by atoms with Crippen LogP contribution in [-0.2, 0) is 14.0 Å². The molecular weight excluding hydrogens is 428 g/mol. The number of rotatable bonds is 3. The Kier molecular flexibility index (Phi) is 5.58. The summed E-state index contributed by atoms with van der Waals surface area (Å²) in [4.78, 5) is 26.8. The zero-order valence-corrected chi connectivity index (χ0v) is 23.1. The molecule has 0 amide bonds. The van der Waals surface area contributed by atoms with E-state index in [0.29, 0.717) is 37.9 Å². The number of hydrogen-bond acceptors (Lipinski definition) is 4. The van der Waals surface area contributed by atoms with Crippen LogP contribution in [-0.4, -0.2) is 30.6 Å². The summed E-state index contributed by atoms with van der Waals surface area (Å²) >= 11 is 0. The van der Waals surface area contributed by atoms with Gasteiger partial charge in [0.1, 0.15) is 17.2 Å². The molecule has 0 aromatic rings. The summed E-state index contributed by atoms with van der Waals surface area (Å²) in [6.07, 6.45) is 4.42. The maximum Gasteiger partial charge on any atom is 0.250 e. The van der Waals surface area contributed by atoms with E-state index in [2.05, 4.69) is 47.4 Å². The minimum atomic E-state index is -2.18. The maximum absolute atomic E-state index is 13.8. The van der Waals surface area contributed by atoms with E-state index in [1.807, 2.05) is 13.8 Å². The molecule has 0 saturated heterocycles. The fourth-order valence-corrected chi connectivity index (χ4v) is 8.24. The van der Waals surface area contributed by atoms with Gasteiger partial charge in [0.05, 0.1) is 11.2 Å². The summed E-state index contributed by atoms with van der Waals surface area (Å²) in [5.74, 6) is 1.71. The van der Waals surface area contributed by atoms with Crippen molar-refractivity contribution in [1.29, 1.82) is 0 Å². The SMILES string of the molecule is C=C(C)[C@H]1CC(=O)[C@@]2(C)[C@H](CC(O[Si](C)(C)C(C)(C)C)=C3[C@@H]2CC[C@]2(C)C(=O)CC[C@]32O)C1. The first-order chi connectivity index (χ1) is 15.0. The zero-order chi connectivity index (χ0) is 24.8. The summed E-state index contributed by atoms with van der Waals surface area (Å²) < 4.78 is 7.00. The van der Waals surface area contributed by atoms with Crippen LogP contribution in [0.2, 0.25) is 18.1 Å².